The molecule has 134 valence electrons. The summed E-state index contributed by atoms with van der Waals surface area (Å²) in [6.07, 6.45) is 4.43. The van der Waals surface area contributed by atoms with Gasteiger partial charge in [-0.25, -0.2) is 9.48 Å². The minimum atomic E-state index is -0.175. The molecule has 2 amide bonds. The number of para-hydroxylation sites is 1. The summed E-state index contributed by atoms with van der Waals surface area (Å²) in [6.45, 7) is 5.51. The number of aromatic nitrogens is 2. The van der Waals surface area contributed by atoms with Gasteiger partial charge in [0.2, 0.25) is 0 Å². The molecule has 2 heterocycles. The van der Waals surface area contributed by atoms with Crippen molar-refractivity contribution < 1.29 is 9.90 Å². The van der Waals surface area contributed by atoms with Crippen LogP contribution in [-0.2, 0) is 0 Å². The zero-order valence-corrected chi connectivity index (χ0v) is 14.9. The maximum absolute atomic E-state index is 12.7. The van der Waals surface area contributed by atoms with E-state index in [1.807, 2.05) is 31.2 Å². The van der Waals surface area contributed by atoms with Crippen molar-refractivity contribution in [1.82, 2.24) is 14.7 Å². The van der Waals surface area contributed by atoms with E-state index in [1.165, 1.54) is 0 Å². The van der Waals surface area contributed by atoms with Gasteiger partial charge in [-0.1, -0.05) is 25.1 Å². The van der Waals surface area contributed by atoms with E-state index in [9.17, 15) is 9.90 Å². The number of nitrogens with one attached hydrogen (secondary N) is 1. The highest BCUT2D eigenvalue weighted by Gasteiger charge is 2.35. The van der Waals surface area contributed by atoms with Crippen LogP contribution >= 0.6 is 0 Å². The maximum atomic E-state index is 12.7. The molecule has 1 aliphatic rings. The van der Waals surface area contributed by atoms with Crippen molar-refractivity contribution >= 4 is 11.8 Å². The highest BCUT2D eigenvalue weighted by Crippen LogP contribution is 2.33. The standard InChI is InChI=1S/C19H26N4O2/c1-3-19(14-24)10-6-12-22(13-19)18(25)21-17-9-11-20-23(17)16-8-5-4-7-15(16)2/h4-5,7-9,11,24H,3,6,10,12-14H2,1-2H3,(H,21,25). The normalized spacial score (nSPS) is 20.5. The van der Waals surface area contributed by atoms with Crippen molar-refractivity contribution in [3.8, 4) is 5.69 Å². The number of anilines is 1. The molecule has 0 aliphatic carbocycles. The van der Waals surface area contributed by atoms with Crippen molar-refractivity contribution in [1.29, 1.82) is 0 Å². The van der Waals surface area contributed by atoms with Crippen LogP contribution < -0.4 is 5.32 Å². The third kappa shape index (κ3) is 3.54. The first-order valence-corrected chi connectivity index (χ1v) is 8.85. The molecule has 0 radical (unpaired) electrons. The number of aliphatic hydroxyl groups excluding tert-OH is 1. The van der Waals surface area contributed by atoms with Gasteiger partial charge in [0.25, 0.3) is 0 Å². The highest BCUT2D eigenvalue weighted by molar-refractivity contribution is 5.88. The molecule has 3 rings (SSSR count). The number of hydrogen-bond donors (Lipinski definition) is 2. The van der Waals surface area contributed by atoms with Crippen molar-refractivity contribution in [3.05, 3.63) is 42.1 Å². The zero-order chi connectivity index (χ0) is 17.9. The molecule has 0 saturated carbocycles. The first-order valence-electron chi connectivity index (χ1n) is 8.85. The molecule has 1 unspecified atom stereocenters. The predicted octanol–water partition coefficient (Wildman–Crippen LogP) is 3.20. The Hall–Kier alpha value is -2.34. The highest BCUT2D eigenvalue weighted by atomic mass is 16.3. The van der Waals surface area contributed by atoms with E-state index in [1.54, 1.807) is 21.8 Å². The number of amides is 2. The molecule has 0 spiro atoms. The third-order valence-electron chi connectivity index (χ3n) is 5.26. The van der Waals surface area contributed by atoms with Crippen molar-refractivity contribution in [3.63, 3.8) is 0 Å². The molecule has 1 fully saturated rings. The Morgan fingerprint density at radius 3 is 2.88 bits per heavy atom. The first-order chi connectivity index (χ1) is 12.1. The molecule has 2 N–H and O–H groups in total. The van der Waals surface area contributed by atoms with Gasteiger partial charge in [0.05, 0.1) is 18.5 Å². The fraction of sp³-hybridized carbons (Fsp3) is 0.474. The monoisotopic (exact) mass is 342 g/mol. The fourth-order valence-corrected chi connectivity index (χ4v) is 3.49. The number of urea groups is 1. The molecular weight excluding hydrogens is 316 g/mol. The largest absolute Gasteiger partial charge is 0.396 e. The minimum absolute atomic E-state index is 0.119. The SMILES string of the molecule is CCC1(CO)CCCN(C(=O)Nc2ccnn2-c2ccccc2C)C1. The van der Waals surface area contributed by atoms with Crippen LogP contribution in [0, 0.1) is 12.3 Å². The van der Waals surface area contributed by atoms with E-state index >= 15 is 0 Å². The Balaban J connectivity index is 1.77. The van der Waals surface area contributed by atoms with Crippen LogP contribution in [0.5, 0.6) is 0 Å². The van der Waals surface area contributed by atoms with E-state index < -0.39 is 0 Å². The van der Waals surface area contributed by atoms with Gasteiger partial charge in [0.15, 0.2) is 0 Å². The van der Waals surface area contributed by atoms with E-state index in [4.69, 9.17) is 0 Å². The lowest BCUT2D eigenvalue weighted by atomic mass is 9.78. The van der Waals surface area contributed by atoms with Gasteiger partial charge in [-0.3, -0.25) is 5.32 Å². The summed E-state index contributed by atoms with van der Waals surface area (Å²) in [7, 11) is 0. The Kier molecular flexibility index (Phi) is 5.08. The Labute approximate surface area is 148 Å². The summed E-state index contributed by atoms with van der Waals surface area (Å²) in [6, 6.07) is 9.59. The van der Waals surface area contributed by atoms with Gasteiger partial charge < -0.3 is 10.0 Å². The molecule has 1 atom stereocenters. The molecule has 0 bridgehead atoms. The number of aryl methyl sites for hydroxylation is 1. The Morgan fingerprint density at radius 2 is 2.16 bits per heavy atom. The number of nitrogens with zero attached hydrogens (tertiary/aromatic N) is 3. The van der Waals surface area contributed by atoms with Crippen LogP contribution in [0.1, 0.15) is 31.7 Å². The lowest BCUT2D eigenvalue weighted by Crippen LogP contribution is -2.49. The fourth-order valence-electron chi connectivity index (χ4n) is 3.49. The number of benzene rings is 1. The second-order valence-corrected chi connectivity index (χ2v) is 6.88. The van der Waals surface area contributed by atoms with Gasteiger partial charge in [-0.2, -0.15) is 5.10 Å². The number of carbonyl (C=O) groups excluding carboxylic acids is 1. The molecular formula is C19H26N4O2. The van der Waals surface area contributed by atoms with Crippen LogP contribution in [0.4, 0.5) is 10.6 Å². The van der Waals surface area contributed by atoms with E-state index in [0.717, 1.165) is 30.5 Å². The molecule has 1 saturated heterocycles. The minimum Gasteiger partial charge on any atom is -0.396 e. The van der Waals surface area contributed by atoms with E-state index in [-0.39, 0.29) is 18.1 Å². The quantitative estimate of drug-likeness (QED) is 0.896. The predicted molar refractivity (Wildman–Crippen MR) is 97.9 cm³/mol. The van der Waals surface area contributed by atoms with Crippen LogP contribution in [0.2, 0.25) is 0 Å². The van der Waals surface area contributed by atoms with E-state index in [0.29, 0.717) is 18.9 Å². The topological polar surface area (TPSA) is 70.4 Å². The number of likely N-dealkylation sites (tertiary alicyclic amines) is 1. The third-order valence-corrected chi connectivity index (χ3v) is 5.26. The summed E-state index contributed by atoms with van der Waals surface area (Å²) in [5.41, 5.74) is 1.86. The summed E-state index contributed by atoms with van der Waals surface area (Å²) in [5, 5.41) is 17.1. The van der Waals surface area contributed by atoms with Crippen LogP contribution in [0.15, 0.2) is 36.5 Å². The molecule has 2 aromatic rings. The van der Waals surface area contributed by atoms with Crippen LogP contribution in [0.25, 0.3) is 5.69 Å². The lowest BCUT2D eigenvalue weighted by molar-refractivity contribution is 0.0468. The van der Waals surface area contributed by atoms with Crippen LogP contribution in [0.3, 0.4) is 0 Å². The second kappa shape index (κ2) is 7.27. The average Bonchev–Trinajstić information content (AvgIpc) is 3.10. The van der Waals surface area contributed by atoms with Crippen molar-refractivity contribution in [2.24, 2.45) is 5.41 Å². The molecule has 1 aromatic carbocycles. The van der Waals surface area contributed by atoms with Crippen molar-refractivity contribution in [2.75, 3.05) is 25.0 Å². The summed E-state index contributed by atoms with van der Waals surface area (Å²) in [5.74, 6) is 0.649. The second-order valence-electron chi connectivity index (χ2n) is 6.88. The molecule has 25 heavy (non-hydrogen) atoms. The molecule has 6 heteroatoms. The number of rotatable bonds is 4. The van der Waals surface area contributed by atoms with Gasteiger partial charge in [0.1, 0.15) is 5.82 Å². The number of piperidine rings is 1. The molecule has 1 aromatic heterocycles. The molecule has 6 nitrogen and oxygen atoms in total. The number of hydrogen-bond acceptors (Lipinski definition) is 3. The summed E-state index contributed by atoms with van der Waals surface area (Å²) < 4.78 is 1.75. The van der Waals surface area contributed by atoms with Gasteiger partial charge in [0, 0.05) is 24.6 Å². The van der Waals surface area contributed by atoms with Crippen LogP contribution in [-0.4, -0.2) is 45.5 Å². The zero-order valence-electron chi connectivity index (χ0n) is 14.9. The average molecular weight is 342 g/mol. The maximum Gasteiger partial charge on any atom is 0.323 e. The summed E-state index contributed by atoms with van der Waals surface area (Å²) in [4.78, 5) is 14.5. The number of aliphatic hydroxyl groups is 1. The first kappa shape index (κ1) is 17.5. The Morgan fingerprint density at radius 1 is 1.36 bits per heavy atom. The van der Waals surface area contributed by atoms with Gasteiger partial charge >= 0.3 is 6.03 Å². The summed E-state index contributed by atoms with van der Waals surface area (Å²) >= 11 is 0. The smallest absolute Gasteiger partial charge is 0.323 e. The molecule has 1 aliphatic heterocycles. The lowest BCUT2D eigenvalue weighted by Gasteiger charge is -2.41. The van der Waals surface area contributed by atoms with Gasteiger partial charge in [-0.05, 0) is 37.8 Å². The Bertz CT molecular complexity index is 737. The van der Waals surface area contributed by atoms with E-state index in [2.05, 4.69) is 17.3 Å². The number of carbonyl (C=O) groups is 1. The van der Waals surface area contributed by atoms with Crippen molar-refractivity contribution in [2.45, 2.75) is 33.1 Å². The van der Waals surface area contributed by atoms with Gasteiger partial charge in [-0.15, -0.1) is 0 Å².